The van der Waals surface area contributed by atoms with Gasteiger partial charge in [0.1, 0.15) is 0 Å². The van der Waals surface area contributed by atoms with E-state index in [0.717, 1.165) is 42.8 Å². The lowest BCUT2D eigenvalue weighted by molar-refractivity contribution is -0.923. The Labute approximate surface area is 117 Å². The predicted molar refractivity (Wildman–Crippen MR) is 81.1 cm³/mol. The van der Waals surface area contributed by atoms with Gasteiger partial charge >= 0.3 is 0 Å². The first-order chi connectivity index (χ1) is 9.15. The zero-order chi connectivity index (χ0) is 14.1. The van der Waals surface area contributed by atoms with Crippen LogP contribution >= 0.6 is 0 Å². The van der Waals surface area contributed by atoms with Gasteiger partial charge in [-0.05, 0) is 32.9 Å². The van der Waals surface area contributed by atoms with Gasteiger partial charge in [0.15, 0.2) is 0 Å². The first-order valence-corrected chi connectivity index (χ1v) is 7.35. The fourth-order valence-corrected chi connectivity index (χ4v) is 2.47. The van der Waals surface area contributed by atoms with E-state index in [9.17, 15) is 4.79 Å². The summed E-state index contributed by atoms with van der Waals surface area (Å²) in [4.78, 5) is 11.8. The second kappa shape index (κ2) is 7.95. The summed E-state index contributed by atoms with van der Waals surface area (Å²) in [7, 11) is 0. The second-order valence-corrected chi connectivity index (χ2v) is 5.03. The molecule has 0 spiro atoms. The molecular formula is C16H27N2O+. The highest BCUT2D eigenvalue weighted by Crippen LogP contribution is 2.10. The molecule has 0 fully saturated rings. The summed E-state index contributed by atoms with van der Waals surface area (Å²) in [5.74, 6) is 0.118. The smallest absolute Gasteiger partial charge is 0.224 e. The number of amides is 1. The van der Waals surface area contributed by atoms with Crippen molar-refractivity contribution in [2.24, 2.45) is 0 Å². The first kappa shape index (κ1) is 15.7. The summed E-state index contributed by atoms with van der Waals surface area (Å²) in [5, 5.41) is 2.94. The highest BCUT2D eigenvalue weighted by Gasteiger charge is 2.20. The van der Waals surface area contributed by atoms with Crippen LogP contribution in [0.4, 0.5) is 5.69 Å². The van der Waals surface area contributed by atoms with Crippen LogP contribution in [0.25, 0.3) is 0 Å². The average molecular weight is 263 g/mol. The Balaban J connectivity index is 2.35. The van der Waals surface area contributed by atoms with Crippen molar-refractivity contribution in [2.75, 3.05) is 31.5 Å². The van der Waals surface area contributed by atoms with Crippen LogP contribution in [0, 0.1) is 0 Å². The maximum atomic E-state index is 11.8. The van der Waals surface area contributed by atoms with Gasteiger partial charge in [0.05, 0.1) is 26.2 Å². The fraction of sp³-hybridized carbons (Fsp3) is 0.562. The third kappa shape index (κ3) is 5.03. The van der Waals surface area contributed by atoms with E-state index >= 15 is 0 Å². The van der Waals surface area contributed by atoms with Gasteiger partial charge in [-0.2, -0.15) is 0 Å². The van der Waals surface area contributed by atoms with Crippen molar-refractivity contribution in [1.82, 2.24) is 0 Å². The topological polar surface area (TPSA) is 29.1 Å². The van der Waals surface area contributed by atoms with Crippen molar-refractivity contribution < 1.29 is 9.28 Å². The number of para-hydroxylation sites is 1. The van der Waals surface area contributed by atoms with E-state index in [1.54, 1.807) is 0 Å². The molecule has 1 aromatic rings. The van der Waals surface area contributed by atoms with Crippen LogP contribution in [-0.4, -0.2) is 36.6 Å². The van der Waals surface area contributed by atoms with E-state index in [4.69, 9.17) is 0 Å². The number of benzene rings is 1. The molecule has 0 heterocycles. The molecule has 3 nitrogen and oxygen atoms in total. The molecule has 0 aliphatic carbocycles. The number of nitrogens with one attached hydrogen (secondary N) is 1. The predicted octanol–water partition coefficient (Wildman–Crippen LogP) is 3.28. The zero-order valence-corrected chi connectivity index (χ0v) is 12.5. The number of hydrogen-bond acceptors (Lipinski definition) is 1. The largest absolute Gasteiger partial charge is 0.326 e. The Morgan fingerprint density at radius 1 is 1.05 bits per heavy atom. The number of hydrogen-bond donors (Lipinski definition) is 1. The molecule has 3 heteroatoms. The minimum Gasteiger partial charge on any atom is -0.326 e. The molecule has 0 unspecified atom stereocenters. The Morgan fingerprint density at radius 3 is 2.16 bits per heavy atom. The monoisotopic (exact) mass is 263 g/mol. The molecule has 0 bridgehead atoms. The normalized spacial score (nSPS) is 11.3. The molecule has 1 rings (SSSR count). The zero-order valence-electron chi connectivity index (χ0n) is 12.5. The summed E-state index contributed by atoms with van der Waals surface area (Å²) < 4.78 is 1.11. The van der Waals surface area contributed by atoms with Crippen LogP contribution < -0.4 is 5.32 Å². The van der Waals surface area contributed by atoms with Crippen molar-refractivity contribution in [1.29, 1.82) is 0 Å². The van der Waals surface area contributed by atoms with E-state index in [-0.39, 0.29) is 5.91 Å². The summed E-state index contributed by atoms with van der Waals surface area (Å²) >= 11 is 0. The van der Waals surface area contributed by atoms with Crippen LogP contribution in [0.1, 0.15) is 33.6 Å². The van der Waals surface area contributed by atoms with E-state index in [0.29, 0.717) is 6.42 Å². The van der Waals surface area contributed by atoms with Crippen molar-refractivity contribution in [3.8, 4) is 0 Å². The van der Waals surface area contributed by atoms with E-state index in [1.807, 2.05) is 30.3 Å². The molecule has 0 saturated heterocycles. The lowest BCUT2D eigenvalue weighted by Gasteiger charge is -2.35. The standard InChI is InChI=1S/C16H26N2O/c1-4-18(5-2,6-3)14-10-13-16(19)17-15-11-8-7-9-12-15/h7-9,11-12H,4-6,10,13-14H2,1-3H3/p+1. The third-order valence-corrected chi connectivity index (χ3v) is 4.11. The van der Waals surface area contributed by atoms with Gasteiger partial charge in [-0.1, -0.05) is 18.2 Å². The van der Waals surface area contributed by atoms with Crippen LogP contribution in [0.2, 0.25) is 0 Å². The number of nitrogens with zero attached hydrogens (tertiary/aromatic N) is 1. The van der Waals surface area contributed by atoms with Crippen LogP contribution in [-0.2, 0) is 4.79 Å². The first-order valence-electron chi connectivity index (χ1n) is 7.35. The Morgan fingerprint density at radius 2 is 1.63 bits per heavy atom. The van der Waals surface area contributed by atoms with Crippen LogP contribution in [0.3, 0.4) is 0 Å². The van der Waals surface area contributed by atoms with E-state index in [1.165, 1.54) is 0 Å². The highest BCUT2D eigenvalue weighted by molar-refractivity contribution is 5.90. The maximum Gasteiger partial charge on any atom is 0.224 e. The lowest BCUT2D eigenvalue weighted by atomic mass is 10.2. The SMILES string of the molecule is CC[N+](CC)(CC)CCCC(=O)Nc1ccccc1. The minimum absolute atomic E-state index is 0.118. The molecule has 1 aromatic carbocycles. The molecule has 1 amide bonds. The number of quaternary nitrogens is 1. The van der Waals surface area contributed by atoms with E-state index < -0.39 is 0 Å². The third-order valence-electron chi connectivity index (χ3n) is 4.11. The molecule has 0 radical (unpaired) electrons. The average Bonchev–Trinajstić information content (AvgIpc) is 2.45. The van der Waals surface area contributed by atoms with Crippen LogP contribution in [0.5, 0.6) is 0 Å². The Bertz CT molecular complexity index is 363. The molecule has 0 aromatic heterocycles. The van der Waals surface area contributed by atoms with Crippen molar-refractivity contribution in [2.45, 2.75) is 33.6 Å². The molecule has 0 saturated carbocycles. The molecule has 106 valence electrons. The number of carbonyl (C=O) groups excluding carboxylic acids is 1. The van der Waals surface area contributed by atoms with Crippen molar-refractivity contribution >= 4 is 11.6 Å². The fourth-order valence-electron chi connectivity index (χ4n) is 2.47. The van der Waals surface area contributed by atoms with Gasteiger partial charge in [0.25, 0.3) is 0 Å². The number of anilines is 1. The van der Waals surface area contributed by atoms with Gasteiger partial charge < -0.3 is 9.80 Å². The lowest BCUT2D eigenvalue weighted by Crippen LogP contribution is -2.48. The summed E-state index contributed by atoms with van der Waals surface area (Å²) in [5.41, 5.74) is 0.884. The van der Waals surface area contributed by atoms with Crippen molar-refractivity contribution in [3.63, 3.8) is 0 Å². The molecule has 0 atom stereocenters. The van der Waals surface area contributed by atoms with E-state index in [2.05, 4.69) is 26.1 Å². The van der Waals surface area contributed by atoms with Gasteiger partial charge in [0, 0.05) is 18.5 Å². The Kier molecular flexibility index (Phi) is 6.57. The molecular weight excluding hydrogens is 236 g/mol. The highest BCUT2D eigenvalue weighted by atomic mass is 16.1. The van der Waals surface area contributed by atoms with Crippen LogP contribution in [0.15, 0.2) is 30.3 Å². The quantitative estimate of drug-likeness (QED) is 0.717. The molecule has 19 heavy (non-hydrogen) atoms. The second-order valence-electron chi connectivity index (χ2n) is 5.03. The number of rotatable bonds is 8. The van der Waals surface area contributed by atoms with Gasteiger partial charge in [-0.25, -0.2) is 0 Å². The maximum absolute atomic E-state index is 11.8. The summed E-state index contributed by atoms with van der Waals surface area (Å²) in [6.45, 7) is 11.2. The minimum atomic E-state index is 0.118. The summed E-state index contributed by atoms with van der Waals surface area (Å²) in [6, 6.07) is 9.65. The molecule has 0 aliphatic heterocycles. The van der Waals surface area contributed by atoms with Crippen molar-refractivity contribution in [3.05, 3.63) is 30.3 Å². The van der Waals surface area contributed by atoms with Gasteiger partial charge in [-0.3, -0.25) is 4.79 Å². The summed E-state index contributed by atoms with van der Waals surface area (Å²) in [6.07, 6.45) is 1.56. The number of carbonyl (C=O) groups is 1. The molecule has 0 aliphatic rings. The van der Waals surface area contributed by atoms with Gasteiger partial charge in [0.2, 0.25) is 5.91 Å². The van der Waals surface area contributed by atoms with Gasteiger partial charge in [-0.15, -0.1) is 0 Å². The Hall–Kier alpha value is -1.35. The molecule has 1 N–H and O–H groups in total.